The molecule has 2 rings (SSSR count). The van der Waals surface area contributed by atoms with Crippen molar-refractivity contribution >= 4 is 16.9 Å². The van der Waals surface area contributed by atoms with Crippen LogP contribution >= 0.6 is 0 Å². The van der Waals surface area contributed by atoms with E-state index in [2.05, 4.69) is 43.5 Å². The van der Waals surface area contributed by atoms with Gasteiger partial charge in [0.25, 0.3) is 0 Å². The van der Waals surface area contributed by atoms with Crippen molar-refractivity contribution in [3.8, 4) is 0 Å². The highest BCUT2D eigenvalue weighted by Crippen LogP contribution is 2.34. The molecule has 0 spiro atoms. The van der Waals surface area contributed by atoms with Crippen LogP contribution in [0.15, 0.2) is 18.2 Å². The number of methoxy groups -OCH3 is 1. The van der Waals surface area contributed by atoms with Crippen LogP contribution in [0.3, 0.4) is 0 Å². The molecule has 0 unspecified atom stereocenters. The maximum absolute atomic E-state index is 11.8. The van der Waals surface area contributed by atoms with Gasteiger partial charge in [0, 0.05) is 29.1 Å². The maximum atomic E-state index is 11.8. The normalized spacial score (nSPS) is 14.1. The summed E-state index contributed by atoms with van der Waals surface area (Å²) in [5.74, 6) is -0.453. The van der Waals surface area contributed by atoms with Gasteiger partial charge < -0.3 is 15.0 Å². The summed E-state index contributed by atoms with van der Waals surface area (Å²) in [7, 11) is 1.38. The average Bonchev–Trinajstić information content (AvgIpc) is 2.77. The second-order valence-corrected chi connectivity index (χ2v) is 6.01. The van der Waals surface area contributed by atoms with Crippen molar-refractivity contribution in [2.75, 3.05) is 7.11 Å². The van der Waals surface area contributed by atoms with E-state index in [4.69, 9.17) is 10.5 Å². The SMILES string of the molecule is CCCn1c(C)c([C@@H](C)[C@@H](N)C(=O)OC)c2cc(C)ccc21. The lowest BCUT2D eigenvalue weighted by molar-refractivity contribution is -0.142. The fraction of sp³-hybridized carbons (Fsp3) is 0.500. The van der Waals surface area contributed by atoms with Crippen LogP contribution in [0.2, 0.25) is 0 Å². The summed E-state index contributed by atoms with van der Waals surface area (Å²) < 4.78 is 7.14. The third kappa shape index (κ3) is 2.75. The molecule has 0 saturated carbocycles. The van der Waals surface area contributed by atoms with Crippen molar-refractivity contribution in [1.82, 2.24) is 4.57 Å². The molecule has 4 nitrogen and oxygen atoms in total. The number of aryl methyl sites for hydroxylation is 2. The summed E-state index contributed by atoms with van der Waals surface area (Å²) in [6.07, 6.45) is 1.06. The molecule has 0 aliphatic carbocycles. The van der Waals surface area contributed by atoms with Crippen molar-refractivity contribution in [2.45, 2.75) is 52.6 Å². The number of hydrogen-bond donors (Lipinski definition) is 1. The molecule has 1 aromatic carbocycles. The van der Waals surface area contributed by atoms with Crippen LogP contribution in [-0.4, -0.2) is 23.7 Å². The predicted molar refractivity (Wildman–Crippen MR) is 90.1 cm³/mol. The topological polar surface area (TPSA) is 57.2 Å². The minimum Gasteiger partial charge on any atom is -0.468 e. The standard InChI is InChI=1S/C18H26N2O2/c1-6-9-20-13(4)16(12(3)17(19)18(21)22-5)14-10-11(2)7-8-15(14)20/h7-8,10,12,17H,6,9,19H2,1-5H3/t12-,17-/m1/s1. The predicted octanol–water partition coefficient (Wildman–Crippen LogP) is 3.27. The Morgan fingerprint density at radius 2 is 2.05 bits per heavy atom. The molecule has 1 heterocycles. The van der Waals surface area contributed by atoms with Crippen molar-refractivity contribution in [3.63, 3.8) is 0 Å². The quantitative estimate of drug-likeness (QED) is 0.862. The number of nitrogens with zero attached hydrogens (tertiary/aromatic N) is 1. The number of nitrogens with two attached hydrogens (primary N) is 1. The summed E-state index contributed by atoms with van der Waals surface area (Å²) in [4.78, 5) is 11.8. The summed E-state index contributed by atoms with van der Waals surface area (Å²) in [6, 6.07) is 5.82. The number of benzene rings is 1. The lowest BCUT2D eigenvalue weighted by atomic mass is 9.91. The highest BCUT2D eigenvalue weighted by Gasteiger charge is 2.28. The van der Waals surface area contributed by atoms with Crippen LogP contribution in [0.1, 0.15) is 43.0 Å². The van der Waals surface area contributed by atoms with Gasteiger partial charge in [-0.3, -0.25) is 4.79 Å². The Kier molecular flexibility index (Phi) is 4.91. The molecule has 4 heteroatoms. The van der Waals surface area contributed by atoms with E-state index in [1.165, 1.54) is 29.3 Å². The van der Waals surface area contributed by atoms with E-state index in [0.29, 0.717) is 0 Å². The van der Waals surface area contributed by atoms with E-state index in [1.54, 1.807) is 0 Å². The first-order valence-electron chi connectivity index (χ1n) is 7.85. The Bertz CT molecular complexity index is 688. The minimum absolute atomic E-state index is 0.0881. The lowest BCUT2D eigenvalue weighted by Gasteiger charge is -2.19. The summed E-state index contributed by atoms with van der Waals surface area (Å²) in [6.45, 7) is 9.33. The van der Waals surface area contributed by atoms with Gasteiger partial charge >= 0.3 is 5.97 Å². The summed E-state index contributed by atoms with van der Waals surface area (Å²) in [5.41, 5.74) is 10.9. The van der Waals surface area contributed by atoms with Gasteiger partial charge in [-0.25, -0.2) is 0 Å². The van der Waals surface area contributed by atoms with E-state index in [0.717, 1.165) is 18.5 Å². The van der Waals surface area contributed by atoms with Gasteiger partial charge in [-0.05, 0) is 38.0 Å². The zero-order valence-corrected chi connectivity index (χ0v) is 14.1. The van der Waals surface area contributed by atoms with Crippen LogP contribution in [0.25, 0.3) is 10.9 Å². The third-order valence-electron chi connectivity index (χ3n) is 4.44. The molecule has 120 valence electrons. The first-order valence-corrected chi connectivity index (χ1v) is 7.85. The maximum Gasteiger partial charge on any atom is 0.323 e. The van der Waals surface area contributed by atoms with E-state index < -0.39 is 6.04 Å². The molecule has 2 atom stereocenters. The van der Waals surface area contributed by atoms with Gasteiger partial charge in [-0.2, -0.15) is 0 Å². The van der Waals surface area contributed by atoms with E-state index in [1.807, 2.05) is 6.92 Å². The highest BCUT2D eigenvalue weighted by molar-refractivity contribution is 5.88. The first-order chi connectivity index (χ1) is 10.4. The molecule has 0 radical (unpaired) electrons. The van der Waals surface area contributed by atoms with Crippen molar-refractivity contribution in [2.24, 2.45) is 5.73 Å². The Morgan fingerprint density at radius 1 is 1.36 bits per heavy atom. The molecular formula is C18H26N2O2. The Morgan fingerprint density at radius 3 is 2.64 bits per heavy atom. The molecule has 0 amide bonds. The summed E-state index contributed by atoms with van der Waals surface area (Å²) in [5, 5.41) is 1.19. The fourth-order valence-electron chi connectivity index (χ4n) is 3.23. The smallest absolute Gasteiger partial charge is 0.323 e. The third-order valence-corrected chi connectivity index (χ3v) is 4.44. The zero-order chi connectivity index (χ0) is 16.4. The van der Waals surface area contributed by atoms with Gasteiger partial charge in [-0.1, -0.05) is 25.5 Å². The van der Waals surface area contributed by atoms with Crippen LogP contribution in [0.4, 0.5) is 0 Å². The highest BCUT2D eigenvalue weighted by atomic mass is 16.5. The van der Waals surface area contributed by atoms with Gasteiger partial charge in [0.2, 0.25) is 0 Å². The number of aromatic nitrogens is 1. The molecular weight excluding hydrogens is 276 g/mol. The number of carbonyl (C=O) groups is 1. The number of rotatable bonds is 5. The number of hydrogen-bond acceptors (Lipinski definition) is 3. The molecule has 0 bridgehead atoms. The van der Waals surface area contributed by atoms with Gasteiger partial charge in [0.05, 0.1) is 7.11 Å². The zero-order valence-electron chi connectivity index (χ0n) is 14.1. The molecule has 1 aromatic heterocycles. The fourth-order valence-corrected chi connectivity index (χ4v) is 3.23. The molecule has 2 aromatic rings. The van der Waals surface area contributed by atoms with E-state index in [-0.39, 0.29) is 11.9 Å². The van der Waals surface area contributed by atoms with Crippen molar-refractivity contribution in [3.05, 3.63) is 35.0 Å². The van der Waals surface area contributed by atoms with Crippen LogP contribution < -0.4 is 5.73 Å². The Balaban J connectivity index is 2.64. The van der Waals surface area contributed by atoms with Gasteiger partial charge in [0.15, 0.2) is 0 Å². The van der Waals surface area contributed by atoms with Gasteiger partial charge in [0.1, 0.15) is 6.04 Å². The van der Waals surface area contributed by atoms with Crippen LogP contribution in [-0.2, 0) is 16.1 Å². The van der Waals surface area contributed by atoms with Crippen LogP contribution in [0.5, 0.6) is 0 Å². The molecule has 0 aliphatic rings. The van der Waals surface area contributed by atoms with Crippen LogP contribution in [0, 0.1) is 13.8 Å². The number of ether oxygens (including phenoxy) is 1. The molecule has 0 fully saturated rings. The monoisotopic (exact) mass is 302 g/mol. The van der Waals surface area contributed by atoms with Crippen molar-refractivity contribution in [1.29, 1.82) is 0 Å². The molecule has 2 N–H and O–H groups in total. The summed E-state index contributed by atoms with van der Waals surface area (Å²) >= 11 is 0. The Hall–Kier alpha value is -1.81. The van der Waals surface area contributed by atoms with E-state index >= 15 is 0 Å². The second kappa shape index (κ2) is 6.53. The Labute approximate surface area is 132 Å². The van der Waals surface area contributed by atoms with E-state index in [9.17, 15) is 4.79 Å². The lowest BCUT2D eigenvalue weighted by Crippen LogP contribution is -2.36. The molecule has 0 saturated heterocycles. The average molecular weight is 302 g/mol. The van der Waals surface area contributed by atoms with Crippen molar-refractivity contribution < 1.29 is 9.53 Å². The molecule has 22 heavy (non-hydrogen) atoms. The van der Waals surface area contributed by atoms with Gasteiger partial charge in [-0.15, -0.1) is 0 Å². The number of carbonyl (C=O) groups excluding carboxylic acids is 1. The molecule has 0 aliphatic heterocycles. The largest absolute Gasteiger partial charge is 0.468 e. The minimum atomic E-state index is -0.648. The first kappa shape index (κ1) is 16.6. The second-order valence-electron chi connectivity index (χ2n) is 6.01. The number of esters is 1. The number of fused-ring (bicyclic) bond motifs is 1.